The summed E-state index contributed by atoms with van der Waals surface area (Å²) in [5.74, 6) is -2.29. The molecule has 286 valence electrons. The number of aryl methyl sites for hydroxylation is 3. The van der Waals surface area contributed by atoms with Crippen LogP contribution in [0, 0.1) is 13.8 Å². The molecule has 8 bridgehead atoms. The molecule has 2 aliphatic rings. The number of carbonyl (C=O) groups is 4. The van der Waals surface area contributed by atoms with Crippen LogP contribution in [0.1, 0.15) is 98.1 Å². The molecule has 2 atom stereocenters. The Labute approximate surface area is 333 Å². The van der Waals surface area contributed by atoms with Gasteiger partial charge in [-0.15, -0.1) is 0 Å². The molecule has 0 aromatic carbocycles. The number of aliphatic carboxylic acids is 2. The molecule has 2 amide bonds. The topological polar surface area (TPSA) is 242 Å². The van der Waals surface area contributed by atoms with Crippen LogP contribution >= 0.6 is 0 Å². The molecule has 0 saturated carbocycles. The monoisotopic (exact) mass is 818 g/mol. The van der Waals surface area contributed by atoms with E-state index in [1.165, 1.54) is 0 Å². The van der Waals surface area contributed by atoms with E-state index in [2.05, 4.69) is 21.4 Å². The number of allylic oxidation sites excluding steroid dienone is 3. The summed E-state index contributed by atoms with van der Waals surface area (Å²) in [4.78, 5) is 57.3. The molecule has 16 heteroatoms. The maximum atomic E-state index is 11.5. The third-order valence-electron chi connectivity index (χ3n) is 9.31. The van der Waals surface area contributed by atoms with Crippen LogP contribution in [0.3, 0.4) is 0 Å². The van der Waals surface area contributed by atoms with Crippen molar-refractivity contribution in [3.63, 3.8) is 0 Å². The quantitative estimate of drug-likeness (QED) is 0.152. The molecule has 0 spiro atoms. The van der Waals surface area contributed by atoms with Crippen LogP contribution in [0.5, 0.6) is 0 Å². The number of nitrogens with one attached hydrogen (secondary N) is 2. The first-order chi connectivity index (χ1) is 24.7. The fraction of sp³-hybridized carbons (Fsp3) is 0.368. The van der Waals surface area contributed by atoms with Gasteiger partial charge in [-0.2, -0.15) is 0 Å². The van der Waals surface area contributed by atoms with Crippen molar-refractivity contribution in [3.8, 4) is 0 Å². The number of fused-ring (bicyclic) bond motifs is 8. The third kappa shape index (κ3) is 10.7. The molecule has 0 fully saturated rings. The van der Waals surface area contributed by atoms with Crippen LogP contribution in [0.2, 0.25) is 0 Å². The number of rotatable bonds is 10. The van der Waals surface area contributed by atoms with Gasteiger partial charge in [0.2, 0.25) is 12.8 Å². The van der Waals surface area contributed by atoms with Crippen LogP contribution in [-0.2, 0) is 35.1 Å². The molecule has 0 aliphatic carbocycles. The largest absolute Gasteiger partial charge is 3.00 e. The Balaban J connectivity index is 0.00000171. The van der Waals surface area contributed by atoms with Crippen molar-refractivity contribution in [1.82, 2.24) is 19.9 Å². The van der Waals surface area contributed by atoms with E-state index in [0.717, 1.165) is 72.5 Å². The summed E-state index contributed by atoms with van der Waals surface area (Å²) >= 11 is 0. The molecule has 14 nitrogen and oxygen atoms in total. The zero-order valence-electron chi connectivity index (χ0n) is 31.7. The minimum absolute atomic E-state index is 0. The maximum Gasteiger partial charge on any atom is 3.00 e. The fourth-order valence-electron chi connectivity index (χ4n) is 6.51. The Kier molecular flexibility index (Phi) is 18.7. The molecule has 0 saturated heterocycles. The Hall–Kier alpha value is -4.67. The predicted molar refractivity (Wildman–Crippen MR) is 201 cm³/mol. The van der Waals surface area contributed by atoms with Gasteiger partial charge < -0.3 is 63.1 Å². The van der Waals surface area contributed by atoms with E-state index in [9.17, 15) is 19.8 Å². The number of carboxylic acids is 2. The number of ether oxygens (including phenoxy) is 2. The molecule has 5 heterocycles. The zero-order chi connectivity index (χ0) is 38.9. The molecule has 5 rings (SSSR count). The van der Waals surface area contributed by atoms with Gasteiger partial charge in [0.1, 0.15) is 0 Å². The van der Waals surface area contributed by atoms with E-state index in [1.54, 1.807) is 14.2 Å². The van der Waals surface area contributed by atoms with Gasteiger partial charge in [-0.3, -0.25) is 9.59 Å². The number of carboxylic acid groups (broad SMARTS) is 2. The summed E-state index contributed by atoms with van der Waals surface area (Å²) in [7, 11) is 3.35. The van der Waals surface area contributed by atoms with Gasteiger partial charge in [0.05, 0.1) is 35.0 Å². The minimum Gasteiger partial charge on any atom is -1.00 e. The SMILES string of the molecule is COC(C)C1=C(C)c2cc3[nH]c(cc4nc(cc5[nH]c(cc1n2)c(C)c5CCC(=O)[O-])C(CCC(=O)[O-])=C4C)c(C)c3C(C)OC.NC=O.NC=O.[Cl-].[Ga+3]. The molecule has 0 radical (unpaired) electrons. The molecular weight excluding hydrogens is 774 g/mol. The summed E-state index contributed by atoms with van der Waals surface area (Å²) in [6.07, 6.45) is 0.220. The van der Waals surface area contributed by atoms with Crippen LogP contribution in [-0.4, -0.2) is 84.8 Å². The van der Waals surface area contributed by atoms with Gasteiger partial charge >= 0.3 is 19.8 Å². The van der Waals surface area contributed by atoms with Gasteiger partial charge in [0, 0.05) is 59.4 Å². The second-order valence-electron chi connectivity index (χ2n) is 12.3. The number of halogens is 1. The number of methoxy groups -OCH3 is 2. The summed E-state index contributed by atoms with van der Waals surface area (Å²) in [6, 6.07) is 7.86. The summed E-state index contributed by atoms with van der Waals surface area (Å²) in [5, 5.41) is 23.0. The normalized spacial score (nSPS) is 12.9. The second kappa shape index (κ2) is 21.3. The van der Waals surface area contributed by atoms with Gasteiger partial charge in [0.25, 0.3) is 0 Å². The fourth-order valence-corrected chi connectivity index (χ4v) is 6.51. The Morgan fingerprint density at radius 3 is 1.72 bits per heavy atom. The summed E-state index contributed by atoms with van der Waals surface area (Å²) in [5.41, 5.74) is 21.7. The number of nitrogens with two attached hydrogens (primary N) is 2. The number of hydrogen-bond donors (Lipinski definition) is 4. The first-order valence-corrected chi connectivity index (χ1v) is 16.6. The van der Waals surface area contributed by atoms with Gasteiger partial charge in [-0.1, -0.05) is 0 Å². The number of primary amides is 2. The minimum atomic E-state index is -1.14. The molecule has 2 aliphatic heterocycles. The van der Waals surface area contributed by atoms with Crippen LogP contribution in [0.15, 0.2) is 24.3 Å². The van der Waals surface area contributed by atoms with E-state index < -0.39 is 11.9 Å². The van der Waals surface area contributed by atoms with E-state index >= 15 is 0 Å². The number of hydrogen-bond acceptors (Lipinski definition) is 10. The van der Waals surface area contributed by atoms with Crippen molar-refractivity contribution in [1.29, 1.82) is 0 Å². The molecule has 2 unspecified atom stereocenters. The van der Waals surface area contributed by atoms with Gasteiger partial charge in [-0.25, -0.2) is 9.97 Å². The van der Waals surface area contributed by atoms with Crippen LogP contribution < -0.4 is 34.1 Å². The van der Waals surface area contributed by atoms with Gasteiger partial charge in [0.15, 0.2) is 0 Å². The molecule has 54 heavy (non-hydrogen) atoms. The third-order valence-corrected chi connectivity index (χ3v) is 9.31. The number of amides is 2. The zero-order valence-corrected chi connectivity index (χ0v) is 34.9. The van der Waals surface area contributed by atoms with Crippen molar-refractivity contribution in [2.75, 3.05) is 14.2 Å². The summed E-state index contributed by atoms with van der Waals surface area (Å²) in [6.45, 7) is 11.9. The number of nitrogens with zero attached hydrogens (tertiary/aromatic N) is 2. The van der Waals surface area contributed by atoms with Crippen molar-refractivity contribution >= 4 is 88.9 Å². The Morgan fingerprint density at radius 2 is 1.17 bits per heavy atom. The molecule has 3 aromatic rings. The number of carbonyl (C=O) groups excluding carboxylic acids is 4. The van der Waals surface area contributed by atoms with Crippen LogP contribution in [0.4, 0.5) is 0 Å². The van der Waals surface area contributed by atoms with Crippen LogP contribution in [0.25, 0.3) is 44.4 Å². The molecule has 3 aromatic heterocycles. The van der Waals surface area contributed by atoms with Gasteiger partial charge in [-0.05, 0) is 125 Å². The average molecular weight is 820 g/mol. The standard InChI is InChI=1S/C36H42N4O6.2CH3NO.ClH.Ga/c1-17-23(9-11-33(41)42)29-16-30-24(10-12-34(43)44)18(2)26(38-30)14-31-36(22(6)46-8)20(4)28(40-31)15-32-35(21(5)45-7)19(3)27(39-32)13-25(17)37-29;2*2-1-3;;/h13-16,21-22,38-39H,9-12H2,1-8H3,(H,41,42)(H,43,44);2*1H,(H2,2,3);1H;/q;;;;+3/p-3. The molecular formula is C38H46ClGaN6O8. The number of aromatic nitrogens is 4. The maximum absolute atomic E-state index is 11.5. The predicted octanol–water partition coefficient (Wildman–Crippen LogP) is -0.426. The second-order valence-corrected chi connectivity index (χ2v) is 12.3. The Morgan fingerprint density at radius 1 is 0.722 bits per heavy atom. The number of aromatic amines is 2. The summed E-state index contributed by atoms with van der Waals surface area (Å²) < 4.78 is 11.6. The van der Waals surface area contributed by atoms with Crippen molar-refractivity contribution in [2.45, 2.75) is 79.4 Å². The van der Waals surface area contributed by atoms with E-state index in [0.29, 0.717) is 16.9 Å². The smallest absolute Gasteiger partial charge is 1.00 e. The van der Waals surface area contributed by atoms with E-state index in [4.69, 9.17) is 29.0 Å². The van der Waals surface area contributed by atoms with Crippen molar-refractivity contribution in [2.24, 2.45) is 11.5 Å². The Bertz CT molecular complexity index is 2080. The average Bonchev–Trinajstić information content (AvgIpc) is 3.76. The van der Waals surface area contributed by atoms with E-state index in [-0.39, 0.29) is 82.9 Å². The number of H-pyrrole nitrogens is 2. The van der Waals surface area contributed by atoms with E-state index in [1.807, 2.05) is 65.8 Å². The van der Waals surface area contributed by atoms with Crippen molar-refractivity contribution < 1.29 is 51.3 Å². The first kappa shape index (κ1) is 47.3. The van der Waals surface area contributed by atoms with Crippen molar-refractivity contribution in [3.05, 3.63) is 69.3 Å². The molecule has 6 N–H and O–H groups in total. The first-order valence-electron chi connectivity index (χ1n) is 16.6.